The van der Waals surface area contributed by atoms with Crippen molar-refractivity contribution in [2.45, 2.75) is 12.7 Å². The van der Waals surface area contributed by atoms with Crippen molar-refractivity contribution in [1.82, 2.24) is 9.78 Å². The van der Waals surface area contributed by atoms with Gasteiger partial charge in [0.15, 0.2) is 0 Å². The van der Waals surface area contributed by atoms with Crippen LogP contribution in [0, 0.1) is 0 Å². The van der Waals surface area contributed by atoms with Crippen molar-refractivity contribution >= 4 is 10.8 Å². The van der Waals surface area contributed by atoms with Crippen molar-refractivity contribution in [3.05, 3.63) is 76.2 Å². The van der Waals surface area contributed by atoms with Gasteiger partial charge in [-0.25, -0.2) is 4.68 Å². The van der Waals surface area contributed by atoms with E-state index in [4.69, 9.17) is 0 Å². The second-order valence-corrected chi connectivity index (χ2v) is 4.89. The van der Waals surface area contributed by atoms with E-state index in [2.05, 4.69) is 5.10 Å². The Hall–Kier alpha value is -2.63. The van der Waals surface area contributed by atoms with Gasteiger partial charge in [-0.3, -0.25) is 4.79 Å². The summed E-state index contributed by atoms with van der Waals surface area (Å²) in [5.41, 5.74) is -0.686. The maximum atomic E-state index is 12.7. The number of benzene rings is 2. The smallest absolute Gasteiger partial charge is 0.267 e. The van der Waals surface area contributed by atoms with Crippen LogP contribution in [0.25, 0.3) is 10.8 Å². The van der Waals surface area contributed by atoms with Crippen LogP contribution in [0.5, 0.6) is 0 Å². The molecular formula is C16H11F3N2O. The Balaban J connectivity index is 2.00. The third-order valence-corrected chi connectivity index (χ3v) is 3.35. The van der Waals surface area contributed by atoms with Crippen LogP contribution < -0.4 is 5.56 Å². The highest BCUT2D eigenvalue weighted by molar-refractivity contribution is 5.80. The molecular weight excluding hydrogens is 293 g/mol. The predicted octanol–water partition coefficient (Wildman–Crippen LogP) is 3.46. The maximum Gasteiger partial charge on any atom is 0.416 e. The topological polar surface area (TPSA) is 34.9 Å². The van der Waals surface area contributed by atoms with E-state index in [9.17, 15) is 18.0 Å². The summed E-state index contributed by atoms with van der Waals surface area (Å²) in [5, 5.41) is 5.21. The zero-order valence-electron chi connectivity index (χ0n) is 11.3. The zero-order chi connectivity index (χ0) is 15.7. The fourth-order valence-electron chi connectivity index (χ4n) is 2.26. The van der Waals surface area contributed by atoms with Crippen LogP contribution >= 0.6 is 0 Å². The molecule has 3 aromatic rings. The monoisotopic (exact) mass is 304 g/mol. The van der Waals surface area contributed by atoms with Crippen LogP contribution in [0.15, 0.2) is 59.5 Å². The molecule has 0 atom stereocenters. The van der Waals surface area contributed by atoms with E-state index in [0.29, 0.717) is 16.3 Å². The second-order valence-electron chi connectivity index (χ2n) is 4.89. The van der Waals surface area contributed by atoms with Gasteiger partial charge in [0.05, 0.1) is 23.7 Å². The minimum absolute atomic E-state index is 0.00636. The number of fused-ring (bicyclic) bond motifs is 1. The van der Waals surface area contributed by atoms with Crippen molar-refractivity contribution in [3.8, 4) is 0 Å². The summed E-state index contributed by atoms with van der Waals surface area (Å²) in [5.74, 6) is 0. The maximum absolute atomic E-state index is 12.7. The molecule has 0 unspecified atom stereocenters. The molecule has 0 fully saturated rings. The van der Waals surface area contributed by atoms with Crippen LogP contribution in [0.2, 0.25) is 0 Å². The summed E-state index contributed by atoms with van der Waals surface area (Å²) in [4.78, 5) is 12.3. The molecule has 0 aliphatic carbocycles. The standard InChI is InChI=1S/C16H11F3N2O/c17-16(18,19)13-6-3-4-11(8-13)10-21-15(22)14-7-2-1-5-12(14)9-20-21/h1-9H,10H2. The van der Waals surface area contributed by atoms with E-state index in [1.165, 1.54) is 12.3 Å². The lowest BCUT2D eigenvalue weighted by Gasteiger charge is -2.10. The van der Waals surface area contributed by atoms with Gasteiger partial charge in [0, 0.05) is 5.39 Å². The molecule has 0 amide bonds. The average Bonchev–Trinajstić information content (AvgIpc) is 2.50. The molecule has 0 aliphatic rings. The Kier molecular flexibility index (Phi) is 3.44. The van der Waals surface area contributed by atoms with Crippen LogP contribution in [-0.4, -0.2) is 9.78 Å². The molecule has 2 aromatic carbocycles. The van der Waals surface area contributed by atoms with E-state index in [-0.39, 0.29) is 12.1 Å². The third-order valence-electron chi connectivity index (χ3n) is 3.35. The van der Waals surface area contributed by atoms with Gasteiger partial charge in [0.1, 0.15) is 0 Å². The first-order chi connectivity index (χ1) is 10.4. The predicted molar refractivity (Wildman–Crippen MR) is 76.5 cm³/mol. The molecule has 0 saturated carbocycles. The Morgan fingerprint density at radius 2 is 1.82 bits per heavy atom. The van der Waals surface area contributed by atoms with Crippen LogP contribution in [0.3, 0.4) is 0 Å². The Bertz CT molecular complexity index is 884. The second kappa shape index (κ2) is 5.29. The molecule has 0 spiro atoms. The van der Waals surface area contributed by atoms with E-state index < -0.39 is 11.7 Å². The number of alkyl halides is 3. The van der Waals surface area contributed by atoms with Gasteiger partial charge in [-0.05, 0) is 23.8 Å². The summed E-state index contributed by atoms with van der Waals surface area (Å²) in [6, 6.07) is 11.9. The van der Waals surface area contributed by atoms with Crippen molar-refractivity contribution in [3.63, 3.8) is 0 Å². The third kappa shape index (κ3) is 2.72. The van der Waals surface area contributed by atoms with E-state index in [0.717, 1.165) is 16.8 Å². The molecule has 0 saturated heterocycles. The molecule has 112 valence electrons. The molecule has 0 N–H and O–H groups in total. The summed E-state index contributed by atoms with van der Waals surface area (Å²) in [6.07, 6.45) is -2.87. The summed E-state index contributed by atoms with van der Waals surface area (Å²) in [7, 11) is 0. The fourth-order valence-corrected chi connectivity index (χ4v) is 2.26. The molecule has 3 nitrogen and oxygen atoms in total. The van der Waals surface area contributed by atoms with Gasteiger partial charge in [0.2, 0.25) is 0 Å². The van der Waals surface area contributed by atoms with Crippen molar-refractivity contribution in [1.29, 1.82) is 0 Å². The SMILES string of the molecule is O=c1c2ccccc2cnn1Cc1cccc(C(F)(F)F)c1. The van der Waals surface area contributed by atoms with Gasteiger partial charge >= 0.3 is 6.18 Å². The van der Waals surface area contributed by atoms with Crippen LogP contribution in [0.1, 0.15) is 11.1 Å². The minimum atomic E-state index is -4.40. The lowest BCUT2D eigenvalue weighted by atomic mass is 10.1. The highest BCUT2D eigenvalue weighted by atomic mass is 19.4. The Morgan fingerprint density at radius 3 is 2.59 bits per heavy atom. The molecule has 0 aliphatic heterocycles. The quantitative estimate of drug-likeness (QED) is 0.726. The van der Waals surface area contributed by atoms with Crippen molar-refractivity contribution < 1.29 is 13.2 Å². The van der Waals surface area contributed by atoms with Crippen LogP contribution in [0.4, 0.5) is 13.2 Å². The first-order valence-corrected chi connectivity index (χ1v) is 6.56. The van der Waals surface area contributed by atoms with Crippen LogP contribution in [-0.2, 0) is 12.7 Å². The van der Waals surface area contributed by atoms with Crippen molar-refractivity contribution in [2.75, 3.05) is 0 Å². The molecule has 22 heavy (non-hydrogen) atoms. The number of rotatable bonds is 2. The van der Waals surface area contributed by atoms with Gasteiger partial charge in [0.25, 0.3) is 5.56 Å². The Morgan fingerprint density at radius 1 is 1.05 bits per heavy atom. The lowest BCUT2D eigenvalue weighted by molar-refractivity contribution is -0.137. The first-order valence-electron chi connectivity index (χ1n) is 6.56. The molecule has 6 heteroatoms. The lowest BCUT2D eigenvalue weighted by Crippen LogP contribution is -2.23. The van der Waals surface area contributed by atoms with E-state index >= 15 is 0 Å². The van der Waals surface area contributed by atoms with Gasteiger partial charge in [-0.2, -0.15) is 18.3 Å². The number of nitrogens with zero attached hydrogens (tertiary/aromatic N) is 2. The average molecular weight is 304 g/mol. The molecule has 0 bridgehead atoms. The van der Waals surface area contributed by atoms with Crippen molar-refractivity contribution in [2.24, 2.45) is 0 Å². The summed E-state index contributed by atoms with van der Waals surface area (Å²) >= 11 is 0. The summed E-state index contributed by atoms with van der Waals surface area (Å²) in [6.45, 7) is -0.00636. The zero-order valence-corrected chi connectivity index (χ0v) is 11.3. The Labute approximate surface area is 123 Å². The highest BCUT2D eigenvalue weighted by Gasteiger charge is 2.30. The summed E-state index contributed by atoms with van der Waals surface area (Å²) < 4.78 is 39.3. The van der Waals surface area contributed by atoms with Gasteiger partial charge in [-0.1, -0.05) is 30.3 Å². The number of hydrogen-bond acceptors (Lipinski definition) is 2. The van der Waals surface area contributed by atoms with E-state index in [1.54, 1.807) is 30.3 Å². The molecule has 1 heterocycles. The molecule has 1 aromatic heterocycles. The number of halogens is 3. The minimum Gasteiger partial charge on any atom is -0.267 e. The van der Waals surface area contributed by atoms with Gasteiger partial charge in [-0.15, -0.1) is 0 Å². The van der Waals surface area contributed by atoms with E-state index in [1.807, 2.05) is 0 Å². The normalized spacial score (nSPS) is 11.8. The molecule has 3 rings (SSSR count). The first kappa shape index (κ1) is 14.3. The van der Waals surface area contributed by atoms with Gasteiger partial charge < -0.3 is 0 Å². The highest BCUT2D eigenvalue weighted by Crippen LogP contribution is 2.29. The number of aromatic nitrogens is 2. The molecule has 0 radical (unpaired) electrons. The largest absolute Gasteiger partial charge is 0.416 e. The number of hydrogen-bond donors (Lipinski definition) is 0. The fraction of sp³-hybridized carbons (Fsp3) is 0.125.